The molecule has 0 amide bonds. The van der Waals surface area contributed by atoms with Gasteiger partial charge in [0.25, 0.3) is 0 Å². The van der Waals surface area contributed by atoms with Crippen molar-refractivity contribution in [2.75, 3.05) is 46.4 Å². The highest BCUT2D eigenvalue weighted by Gasteiger charge is 2.14. The molecular formula is C19H38N4O2. The van der Waals surface area contributed by atoms with Gasteiger partial charge in [0, 0.05) is 26.1 Å². The van der Waals surface area contributed by atoms with Gasteiger partial charge in [-0.2, -0.15) is 0 Å². The highest BCUT2D eigenvalue weighted by atomic mass is 16.5. The Kier molecular flexibility index (Phi) is 12.1. The fourth-order valence-electron chi connectivity index (χ4n) is 2.99. The van der Waals surface area contributed by atoms with Crippen LogP contribution in [0.3, 0.4) is 0 Å². The molecule has 2 N–H and O–H groups in total. The number of hydrogen-bond donors (Lipinski definition) is 2. The van der Waals surface area contributed by atoms with E-state index in [4.69, 9.17) is 0 Å². The van der Waals surface area contributed by atoms with E-state index in [0.717, 1.165) is 63.7 Å². The molecule has 0 aromatic carbocycles. The Hall–Kier alpha value is -1.30. The van der Waals surface area contributed by atoms with E-state index in [9.17, 15) is 4.79 Å². The summed E-state index contributed by atoms with van der Waals surface area (Å²) in [6.07, 6.45) is 7.25. The lowest BCUT2D eigenvalue weighted by Crippen LogP contribution is -2.38. The van der Waals surface area contributed by atoms with Crippen molar-refractivity contribution < 1.29 is 9.53 Å². The van der Waals surface area contributed by atoms with Crippen LogP contribution in [0.2, 0.25) is 0 Å². The zero-order valence-electron chi connectivity index (χ0n) is 16.5. The topological polar surface area (TPSA) is 66.0 Å². The minimum absolute atomic E-state index is 0.119. The van der Waals surface area contributed by atoms with E-state index in [2.05, 4.69) is 39.1 Å². The standard InChI is InChI=1S/C19H38N4O2/c1-4-20-19(21-12-7-5-6-9-18(24)25-3)22-13-8-14-23-15-10-17(2)11-16-23/h17H,4-16H2,1-3H3,(H2,20,21,22). The second-order valence-electron chi connectivity index (χ2n) is 6.95. The summed E-state index contributed by atoms with van der Waals surface area (Å²) in [5.41, 5.74) is 0. The van der Waals surface area contributed by atoms with Gasteiger partial charge >= 0.3 is 5.97 Å². The quantitative estimate of drug-likeness (QED) is 0.258. The molecule has 1 aliphatic heterocycles. The molecule has 0 bridgehead atoms. The Balaban J connectivity index is 2.10. The molecule has 1 saturated heterocycles. The summed E-state index contributed by atoms with van der Waals surface area (Å²) in [5, 5.41) is 6.67. The fourth-order valence-corrected chi connectivity index (χ4v) is 2.99. The first-order chi connectivity index (χ1) is 12.2. The van der Waals surface area contributed by atoms with E-state index in [0.29, 0.717) is 6.42 Å². The van der Waals surface area contributed by atoms with Crippen LogP contribution in [0.15, 0.2) is 4.99 Å². The summed E-state index contributed by atoms with van der Waals surface area (Å²) in [5.74, 6) is 1.68. The smallest absolute Gasteiger partial charge is 0.305 e. The monoisotopic (exact) mass is 354 g/mol. The molecule has 6 nitrogen and oxygen atoms in total. The Morgan fingerprint density at radius 3 is 2.60 bits per heavy atom. The second-order valence-corrected chi connectivity index (χ2v) is 6.95. The Labute approximate surface area is 153 Å². The van der Waals surface area contributed by atoms with Gasteiger partial charge < -0.3 is 20.3 Å². The number of carbonyl (C=O) groups is 1. The summed E-state index contributed by atoms with van der Waals surface area (Å²) in [7, 11) is 1.44. The van der Waals surface area contributed by atoms with Crippen LogP contribution in [0.1, 0.15) is 58.8 Å². The Bertz CT molecular complexity index is 380. The molecular weight excluding hydrogens is 316 g/mol. The maximum Gasteiger partial charge on any atom is 0.305 e. The predicted molar refractivity (Wildman–Crippen MR) is 104 cm³/mol. The largest absolute Gasteiger partial charge is 0.469 e. The lowest BCUT2D eigenvalue weighted by molar-refractivity contribution is -0.140. The first-order valence-corrected chi connectivity index (χ1v) is 9.97. The van der Waals surface area contributed by atoms with E-state index in [1.54, 1.807) is 0 Å². The van der Waals surface area contributed by atoms with Gasteiger partial charge in [-0.1, -0.05) is 13.3 Å². The number of rotatable bonds is 11. The number of nitrogens with one attached hydrogen (secondary N) is 2. The summed E-state index contributed by atoms with van der Waals surface area (Å²) in [6.45, 7) is 10.7. The molecule has 0 aromatic heterocycles. The second kappa shape index (κ2) is 13.9. The van der Waals surface area contributed by atoms with Crippen LogP contribution in [0.4, 0.5) is 0 Å². The fraction of sp³-hybridized carbons (Fsp3) is 0.895. The Morgan fingerprint density at radius 2 is 1.92 bits per heavy atom. The van der Waals surface area contributed by atoms with E-state index in [-0.39, 0.29) is 5.97 Å². The van der Waals surface area contributed by atoms with E-state index in [1.807, 2.05) is 0 Å². The van der Waals surface area contributed by atoms with Crippen molar-refractivity contribution in [2.45, 2.75) is 58.8 Å². The lowest BCUT2D eigenvalue weighted by atomic mass is 9.99. The number of carbonyl (C=O) groups excluding carboxylic acids is 1. The normalized spacial score (nSPS) is 16.7. The molecule has 0 spiro atoms. The van der Waals surface area contributed by atoms with Crippen molar-refractivity contribution in [1.82, 2.24) is 15.5 Å². The molecule has 1 heterocycles. The summed E-state index contributed by atoms with van der Waals surface area (Å²) >= 11 is 0. The number of aliphatic imine (C=N–C) groups is 1. The van der Waals surface area contributed by atoms with Crippen molar-refractivity contribution in [3.63, 3.8) is 0 Å². The SMILES string of the molecule is CCNC(=NCCCN1CCC(C)CC1)NCCCCCC(=O)OC. The first kappa shape index (κ1) is 21.7. The van der Waals surface area contributed by atoms with Crippen LogP contribution in [-0.4, -0.2) is 63.2 Å². The lowest BCUT2D eigenvalue weighted by Gasteiger charge is -2.29. The van der Waals surface area contributed by atoms with Crippen molar-refractivity contribution in [3.05, 3.63) is 0 Å². The highest BCUT2D eigenvalue weighted by molar-refractivity contribution is 5.79. The van der Waals surface area contributed by atoms with Gasteiger partial charge in [-0.3, -0.25) is 9.79 Å². The molecule has 0 unspecified atom stereocenters. The third-order valence-corrected chi connectivity index (χ3v) is 4.70. The van der Waals surface area contributed by atoms with Crippen LogP contribution < -0.4 is 10.6 Å². The molecule has 0 saturated carbocycles. The van der Waals surface area contributed by atoms with Gasteiger partial charge in [0.05, 0.1) is 7.11 Å². The van der Waals surface area contributed by atoms with Gasteiger partial charge in [-0.25, -0.2) is 0 Å². The van der Waals surface area contributed by atoms with Gasteiger partial charge in [0.2, 0.25) is 0 Å². The minimum atomic E-state index is -0.119. The minimum Gasteiger partial charge on any atom is -0.469 e. The molecule has 1 fully saturated rings. The van der Waals surface area contributed by atoms with Gasteiger partial charge in [-0.15, -0.1) is 0 Å². The van der Waals surface area contributed by atoms with Crippen LogP contribution >= 0.6 is 0 Å². The van der Waals surface area contributed by atoms with Gasteiger partial charge in [0.1, 0.15) is 0 Å². The Morgan fingerprint density at radius 1 is 1.16 bits per heavy atom. The average Bonchev–Trinajstić information content (AvgIpc) is 2.62. The zero-order chi connectivity index (χ0) is 18.3. The number of esters is 1. The number of guanidine groups is 1. The van der Waals surface area contributed by atoms with Crippen LogP contribution in [0.5, 0.6) is 0 Å². The summed E-state index contributed by atoms with van der Waals surface area (Å²) in [6, 6.07) is 0. The van der Waals surface area contributed by atoms with Gasteiger partial charge in [0.15, 0.2) is 5.96 Å². The van der Waals surface area contributed by atoms with Crippen molar-refractivity contribution in [3.8, 4) is 0 Å². The number of piperidine rings is 1. The summed E-state index contributed by atoms with van der Waals surface area (Å²) < 4.78 is 4.64. The van der Waals surface area contributed by atoms with Crippen molar-refractivity contribution in [1.29, 1.82) is 0 Å². The van der Waals surface area contributed by atoms with Crippen LogP contribution in [0.25, 0.3) is 0 Å². The molecule has 25 heavy (non-hydrogen) atoms. The number of ether oxygens (including phenoxy) is 1. The molecule has 0 radical (unpaired) electrons. The average molecular weight is 355 g/mol. The molecule has 146 valence electrons. The third kappa shape index (κ3) is 11.0. The maximum absolute atomic E-state index is 11.0. The molecule has 1 rings (SSSR count). The molecule has 0 aromatic rings. The first-order valence-electron chi connectivity index (χ1n) is 9.97. The van der Waals surface area contributed by atoms with Crippen molar-refractivity contribution >= 4 is 11.9 Å². The van der Waals surface area contributed by atoms with Gasteiger partial charge in [-0.05, 0) is 64.6 Å². The van der Waals surface area contributed by atoms with Crippen LogP contribution in [0, 0.1) is 5.92 Å². The number of nitrogens with zero attached hydrogens (tertiary/aromatic N) is 2. The third-order valence-electron chi connectivity index (χ3n) is 4.70. The number of likely N-dealkylation sites (tertiary alicyclic amines) is 1. The van der Waals surface area contributed by atoms with E-state index in [1.165, 1.54) is 33.0 Å². The highest BCUT2D eigenvalue weighted by Crippen LogP contribution is 2.15. The van der Waals surface area contributed by atoms with E-state index < -0.39 is 0 Å². The van der Waals surface area contributed by atoms with Crippen molar-refractivity contribution in [2.24, 2.45) is 10.9 Å². The molecule has 6 heteroatoms. The number of methoxy groups -OCH3 is 1. The molecule has 0 aliphatic carbocycles. The number of hydrogen-bond acceptors (Lipinski definition) is 4. The molecule has 0 atom stereocenters. The zero-order valence-corrected chi connectivity index (χ0v) is 16.5. The maximum atomic E-state index is 11.0. The predicted octanol–water partition coefficient (Wildman–Crippen LogP) is 2.40. The van der Waals surface area contributed by atoms with Crippen LogP contribution in [-0.2, 0) is 9.53 Å². The number of unbranched alkanes of at least 4 members (excludes halogenated alkanes) is 2. The molecule has 1 aliphatic rings. The summed E-state index contributed by atoms with van der Waals surface area (Å²) in [4.78, 5) is 18.3. The van der Waals surface area contributed by atoms with E-state index >= 15 is 0 Å².